The molecule has 6 rings (SSSR count). The van der Waals surface area contributed by atoms with Crippen molar-refractivity contribution in [3.63, 3.8) is 0 Å². The Hall–Kier alpha value is -5.32. The molecule has 0 radical (unpaired) electrons. The van der Waals surface area contributed by atoms with Gasteiger partial charge in [-0.05, 0) is 29.3 Å². The smallest absolute Gasteiger partial charge is 0.418 e. The van der Waals surface area contributed by atoms with E-state index in [9.17, 15) is 27.4 Å². The molecule has 0 saturated heterocycles. The lowest BCUT2D eigenvalue weighted by Crippen LogP contribution is -2.37. The summed E-state index contributed by atoms with van der Waals surface area (Å²) in [6.45, 7) is 0. The lowest BCUT2D eigenvalue weighted by molar-refractivity contribution is -0.579. The molecule has 11 heteroatoms. The van der Waals surface area contributed by atoms with Crippen molar-refractivity contribution in [2.75, 3.05) is 0 Å². The van der Waals surface area contributed by atoms with E-state index in [2.05, 4.69) is 58.1 Å². The van der Waals surface area contributed by atoms with E-state index in [4.69, 9.17) is 4.98 Å². The normalized spacial score (nSPS) is 11.1. The van der Waals surface area contributed by atoms with Crippen LogP contribution >= 0.6 is 0 Å². The van der Waals surface area contributed by atoms with Crippen LogP contribution in [0.4, 0.5) is 23.0 Å². The van der Waals surface area contributed by atoms with Crippen LogP contribution < -0.4 is 4.57 Å². The second kappa shape index (κ2) is 11.4. The Bertz CT molecular complexity index is 1750. The van der Waals surface area contributed by atoms with E-state index in [1.165, 1.54) is 12.1 Å². The van der Waals surface area contributed by atoms with Gasteiger partial charge in [0.15, 0.2) is 5.52 Å². The fourth-order valence-electron chi connectivity index (χ4n) is 4.47. The van der Waals surface area contributed by atoms with Crippen molar-refractivity contribution in [2.45, 2.75) is 0 Å². The molecule has 0 fully saturated rings. The Balaban J connectivity index is 0.000000623. The van der Waals surface area contributed by atoms with Gasteiger partial charge in [-0.3, -0.25) is 10.1 Å². The number of hydrogen-bond donors (Lipinski definition) is 1. The van der Waals surface area contributed by atoms with Gasteiger partial charge in [-0.2, -0.15) is 4.57 Å². The van der Waals surface area contributed by atoms with Crippen LogP contribution in [0.3, 0.4) is 0 Å². The fourth-order valence-corrected chi connectivity index (χ4v) is 4.47. The number of nitrogens with one attached hydrogen (secondary N) is 1. The molecule has 0 unspecified atom stereocenters. The van der Waals surface area contributed by atoms with Gasteiger partial charge in [0.25, 0.3) is 5.69 Å². The maximum Gasteiger partial charge on any atom is 0.673 e. The second-order valence-corrected chi connectivity index (χ2v) is 8.96. The third kappa shape index (κ3) is 6.47. The summed E-state index contributed by atoms with van der Waals surface area (Å²) in [4.78, 5) is 19.1. The third-order valence-electron chi connectivity index (χ3n) is 6.19. The van der Waals surface area contributed by atoms with Gasteiger partial charge in [-0.1, -0.05) is 96.0 Å². The topological polar surface area (TPSA) is 75.7 Å². The first-order valence-electron chi connectivity index (χ1n) is 12.5. The monoisotopic (exact) mass is 556 g/mol. The van der Waals surface area contributed by atoms with E-state index in [0.717, 1.165) is 33.6 Å². The van der Waals surface area contributed by atoms with E-state index in [1.807, 2.05) is 54.6 Å². The molecule has 41 heavy (non-hydrogen) atoms. The van der Waals surface area contributed by atoms with Crippen molar-refractivity contribution in [1.29, 1.82) is 0 Å². The zero-order chi connectivity index (χ0) is 29.0. The first-order valence-corrected chi connectivity index (χ1v) is 12.5. The molecule has 0 bridgehead atoms. The summed E-state index contributed by atoms with van der Waals surface area (Å²) in [5.74, 6) is 0.586. The number of benzene rings is 4. The van der Waals surface area contributed by atoms with Gasteiger partial charge in [0.1, 0.15) is 16.9 Å². The molecule has 4 aromatic carbocycles. The maximum absolute atomic E-state index is 11.3. The highest BCUT2D eigenvalue weighted by molar-refractivity contribution is 6.50. The number of aromatic amines is 1. The molecule has 0 saturated carbocycles. The van der Waals surface area contributed by atoms with E-state index >= 15 is 0 Å². The van der Waals surface area contributed by atoms with Gasteiger partial charge in [0, 0.05) is 17.2 Å². The van der Waals surface area contributed by atoms with Crippen LogP contribution in [0.15, 0.2) is 121 Å². The van der Waals surface area contributed by atoms with E-state index in [0.29, 0.717) is 17.0 Å². The van der Waals surface area contributed by atoms with Crippen LogP contribution in [0.5, 0.6) is 0 Å². The van der Waals surface area contributed by atoms with E-state index < -0.39 is 12.2 Å². The average molecular weight is 556 g/mol. The van der Waals surface area contributed by atoms with Crippen LogP contribution in [0.2, 0.25) is 0 Å². The summed E-state index contributed by atoms with van der Waals surface area (Å²) in [5, 5.41) is 11.3. The van der Waals surface area contributed by atoms with Crippen molar-refractivity contribution < 1.29 is 26.8 Å². The molecule has 1 N–H and O–H groups in total. The zero-order valence-corrected chi connectivity index (χ0v) is 21.3. The maximum atomic E-state index is 11.3. The molecule has 6 aromatic rings. The summed E-state index contributed by atoms with van der Waals surface area (Å²) < 4.78 is 41.1. The predicted molar refractivity (Wildman–Crippen MR) is 151 cm³/mol. The number of pyridine rings is 1. The van der Waals surface area contributed by atoms with Crippen molar-refractivity contribution in [1.82, 2.24) is 9.97 Å². The van der Waals surface area contributed by atoms with Crippen LogP contribution in [0.1, 0.15) is 0 Å². The number of rotatable bonds is 5. The van der Waals surface area contributed by atoms with Crippen molar-refractivity contribution in [3.05, 3.63) is 131 Å². The quantitative estimate of drug-likeness (QED) is 0.0768. The molecule has 0 amide bonds. The Labute approximate surface area is 231 Å². The number of halogens is 4. The Morgan fingerprint density at radius 2 is 1.12 bits per heavy atom. The highest BCUT2D eigenvalue weighted by atomic mass is 19.5. The van der Waals surface area contributed by atoms with E-state index in [-0.39, 0.29) is 5.69 Å². The highest BCUT2D eigenvalue weighted by Crippen LogP contribution is 2.30. The number of H-pyrrole nitrogens is 1. The molecule has 204 valence electrons. The number of fused-ring (bicyclic) bond motifs is 1. The molecule has 2 aromatic heterocycles. The van der Waals surface area contributed by atoms with Crippen molar-refractivity contribution in [2.24, 2.45) is 0 Å². The van der Waals surface area contributed by atoms with Crippen molar-refractivity contribution in [3.8, 4) is 39.6 Å². The highest BCUT2D eigenvalue weighted by Gasteiger charge is 2.25. The first-order chi connectivity index (χ1) is 19.7. The Kier molecular flexibility index (Phi) is 7.60. The fraction of sp³-hybridized carbons (Fsp3) is 0. The van der Waals surface area contributed by atoms with E-state index in [1.54, 1.807) is 6.07 Å². The number of nitro benzene ring substituents is 1. The molecule has 0 spiro atoms. The summed E-state index contributed by atoms with van der Waals surface area (Å²) in [7, 11) is -6.00. The molecule has 0 aliphatic carbocycles. The number of imidazole rings is 1. The van der Waals surface area contributed by atoms with Gasteiger partial charge in [0.2, 0.25) is 0 Å². The minimum absolute atomic E-state index is 0.0219. The number of nitrogens with zero attached hydrogens (tertiary/aromatic N) is 3. The van der Waals surface area contributed by atoms with Crippen LogP contribution in [-0.2, 0) is 0 Å². The lowest BCUT2D eigenvalue weighted by atomic mass is 9.99. The minimum atomic E-state index is -6.00. The van der Waals surface area contributed by atoms with Crippen LogP contribution in [-0.4, -0.2) is 22.1 Å². The number of non-ortho nitro benzene ring substituents is 1. The van der Waals surface area contributed by atoms with Crippen molar-refractivity contribution >= 4 is 24.0 Å². The molecule has 2 heterocycles. The predicted octanol–water partition coefficient (Wildman–Crippen LogP) is 8.05. The lowest BCUT2D eigenvalue weighted by Gasteiger charge is -2.15. The first kappa shape index (κ1) is 27.3. The summed E-state index contributed by atoms with van der Waals surface area (Å²) >= 11 is 0. The number of nitro groups is 1. The standard InChI is InChI=1S/C30H21N4O2.BF4/c35-34(36)25-16-17-26-27(20-25)32-30(31-26)33-28(22-12-6-2-7-13-22)18-24(21-10-4-1-5-11-21)19-29(33)23-14-8-3-9-15-23;2-1(3,4)5/h1-20H,(H,31,32);/q+1;-1. The summed E-state index contributed by atoms with van der Waals surface area (Å²) in [5.41, 5.74) is 7.43. The molecule has 6 nitrogen and oxygen atoms in total. The summed E-state index contributed by atoms with van der Waals surface area (Å²) in [6, 6.07) is 39.6. The molecular formula is C30H21BF4N4O2. The summed E-state index contributed by atoms with van der Waals surface area (Å²) in [6.07, 6.45) is 0. The van der Waals surface area contributed by atoms with Gasteiger partial charge < -0.3 is 17.3 Å². The van der Waals surface area contributed by atoms with Gasteiger partial charge in [-0.15, -0.1) is 0 Å². The third-order valence-corrected chi connectivity index (χ3v) is 6.19. The van der Waals surface area contributed by atoms with Gasteiger partial charge >= 0.3 is 13.2 Å². The van der Waals surface area contributed by atoms with Crippen LogP contribution in [0.25, 0.3) is 50.6 Å². The largest absolute Gasteiger partial charge is 0.673 e. The number of aromatic nitrogens is 3. The zero-order valence-electron chi connectivity index (χ0n) is 21.3. The average Bonchev–Trinajstić information content (AvgIpc) is 3.40. The van der Waals surface area contributed by atoms with Crippen LogP contribution in [0, 0.1) is 10.1 Å². The second-order valence-electron chi connectivity index (χ2n) is 8.96. The Morgan fingerprint density at radius 1 is 0.659 bits per heavy atom. The minimum Gasteiger partial charge on any atom is -0.418 e. The SMILES string of the molecule is F[B-](F)(F)F.O=[N+]([O-])c1ccc2nc(-[n+]3c(-c4ccccc4)cc(-c4ccccc4)cc3-c3ccccc3)[nH]c2c1. The molecule has 0 aliphatic heterocycles. The van der Waals surface area contributed by atoms with Gasteiger partial charge in [-0.25, -0.2) is 4.98 Å². The Morgan fingerprint density at radius 3 is 1.59 bits per heavy atom. The number of hydrogen-bond acceptors (Lipinski definition) is 3. The molecular weight excluding hydrogens is 535 g/mol. The molecule has 0 aliphatic rings. The van der Waals surface area contributed by atoms with Gasteiger partial charge in [0.05, 0.1) is 11.0 Å². The molecule has 0 atom stereocenters.